The summed E-state index contributed by atoms with van der Waals surface area (Å²) >= 11 is 7.67. The lowest BCUT2D eigenvalue weighted by Crippen LogP contribution is -2.30. The Morgan fingerprint density at radius 3 is 2.08 bits per heavy atom. The summed E-state index contributed by atoms with van der Waals surface area (Å²) in [5.74, 6) is -0.316. The molecule has 0 saturated heterocycles. The van der Waals surface area contributed by atoms with Crippen LogP contribution < -0.4 is 25.4 Å². The third kappa shape index (κ3) is 9.10. The van der Waals surface area contributed by atoms with Gasteiger partial charge in [-0.1, -0.05) is 78.3 Å². The topological polar surface area (TPSA) is 106 Å². The number of benzene rings is 5. The molecule has 5 aromatic rings. The van der Waals surface area contributed by atoms with Gasteiger partial charge in [-0.05, 0) is 78.7 Å². The van der Waals surface area contributed by atoms with Gasteiger partial charge < -0.3 is 25.4 Å². The van der Waals surface area contributed by atoms with Gasteiger partial charge in [0.05, 0.1) is 14.2 Å². The summed E-state index contributed by atoms with van der Waals surface area (Å²) in [7, 11) is 3.02. The van der Waals surface area contributed by atoms with Crippen LogP contribution in [0.3, 0.4) is 0 Å². The van der Waals surface area contributed by atoms with Crippen LogP contribution in [-0.4, -0.2) is 31.9 Å². The molecule has 10 heteroatoms. The first-order valence-corrected chi connectivity index (χ1v) is 16.5. The minimum absolute atomic E-state index is 0.00382. The van der Waals surface area contributed by atoms with Gasteiger partial charge in [0.25, 0.3) is 11.8 Å². The molecule has 5 rings (SSSR count). The third-order valence-electron chi connectivity index (χ3n) is 7.41. The Balaban J connectivity index is 1.36. The van der Waals surface area contributed by atoms with Crippen LogP contribution in [-0.2, 0) is 9.59 Å². The number of thioether (sulfide) groups is 1. The summed E-state index contributed by atoms with van der Waals surface area (Å²) in [5.41, 5.74) is 3.76. The van der Waals surface area contributed by atoms with Crippen LogP contribution in [0.1, 0.15) is 32.3 Å². The SMILES string of the molecule is COc1cccc(/C=C(\NC(=O)c2ccccc2)C(=O)Nc2ccc(SC(C(=O)Nc3ccc(C)c(Cl)c3)c3ccccc3)cc2)c1OC. The summed E-state index contributed by atoms with van der Waals surface area (Å²) in [6, 6.07) is 35.9. The summed E-state index contributed by atoms with van der Waals surface area (Å²) in [6.07, 6.45) is 1.53. The zero-order valence-corrected chi connectivity index (χ0v) is 28.6. The molecule has 0 aliphatic heterocycles. The van der Waals surface area contributed by atoms with Gasteiger partial charge in [-0.3, -0.25) is 14.4 Å². The summed E-state index contributed by atoms with van der Waals surface area (Å²) in [4.78, 5) is 41.1. The van der Waals surface area contributed by atoms with E-state index in [0.717, 1.165) is 16.0 Å². The maximum absolute atomic E-state index is 13.7. The van der Waals surface area contributed by atoms with Crippen LogP contribution in [0.25, 0.3) is 6.08 Å². The Bertz CT molecular complexity index is 1970. The molecule has 0 saturated carbocycles. The lowest BCUT2D eigenvalue weighted by molar-refractivity contribution is -0.116. The van der Waals surface area contributed by atoms with Crippen molar-refractivity contribution in [1.29, 1.82) is 0 Å². The normalized spacial score (nSPS) is 11.6. The van der Waals surface area contributed by atoms with Gasteiger partial charge in [-0.25, -0.2) is 0 Å². The number of ether oxygens (including phenoxy) is 2. The summed E-state index contributed by atoms with van der Waals surface area (Å²) in [6.45, 7) is 1.90. The lowest BCUT2D eigenvalue weighted by atomic mass is 10.1. The Labute approximate surface area is 294 Å². The molecule has 49 heavy (non-hydrogen) atoms. The molecule has 0 aliphatic rings. The van der Waals surface area contributed by atoms with E-state index < -0.39 is 17.1 Å². The number of para-hydroxylation sites is 1. The Hall–Kier alpha value is -5.51. The number of nitrogens with one attached hydrogen (secondary N) is 3. The molecule has 1 atom stereocenters. The maximum atomic E-state index is 13.7. The maximum Gasteiger partial charge on any atom is 0.272 e. The fraction of sp³-hybridized carbons (Fsp3) is 0.103. The van der Waals surface area contributed by atoms with Gasteiger partial charge in [0.15, 0.2) is 11.5 Å². The van der Waals surface area contributed by atoms with Crippen LogP contribution >= 0.6 is 23.4 Å². The van der Waals surface area contributed by atoms with E-state index in [1.807, 2.05) is 61.5 Å². The first kappa shape index (κ1) is 34.8. The second-order valence-corrected chi connectivity index (χ2v) is 12.4. The van der Waals surface area contributed by atoms with E-state index in [1.54, 1.807) is 66.7 Å². The number of halogens is 1. The number of rotatable bonds is 12. The predicted octanol–water partition coefficient (Wildman–Crippen LogP) is 8.55. The average molecular weight is 692 g/mol. The molecule has 0 radical (unpaired) electrons. The van der Waals surface area contributed by atoms with E-state index in [9.17, 15) is 14.4 Å². The van der Waals surface area contributed by atoms with Crippen molar-refractivity contribution in [3.05, 3.63) is 154 Å². The Morgan fingerprint density at radius 2 is 1.43 bits per heavy atom. The number of hydrogen-bond donors (Lipinski definition) is 3. The van der Waals surface area contributed by atoms with E-state index >= 15 is 0 Å². The largest absolute Gasteiger partial charge is 0.493 e. The zero-order valence-electron chi connectivity index (χ0n) is 27.0. The van der Waals surface area contributed by atoms with Gasteiger partial charge >= 0.3 is 0 Å². The monoisotopic (exact) mass is 691 g/mol. The van der Waals surface area contributed by atoms with Crippen LogP contribution in [0.15, 0.2) is 132 Å². The third-order valence-corrected chi connectivity index (χ3v) is 9.08. The van der Waals surface area contributed by atoms with Crippen molar-refractivity contribution in [2.75, 3.05) is 24.9 Å². The molecule has 0 heterocycles. The molecule has 1 unspecified atom stereocenters. The Kier molecular flexibility index (Phi) is 11.8. The molecular formula is C39H34ClN3O5S. The van der Waals surface area contributed by atoms with E-state index in [0.29, 0.717) is 39.0 Å². The number of hydrogen-bond acceptors (Lipinski definition) is 6. The highest BCUT2D eigenvalue weighted by atomic mass is 35.5. The Morgan fingerprint density at radius 1 is 0.755 bits per heavy atom. The quantitative estimate of drug-likeness (QED) is 0.0895. The van der Waals surface area contributed by atoms with Crippen molar-refractivity contribution >= 4 is 58.5 Å². The first-order chi connectivity index (χ1) is 23.7. The van der Waals surface area contributed by atoms with Gasteiger partial charge in [0.2, 0.25) is 5.91 Å². The zero-order chi connectivity index (χ0) is 34.8. The van der Waals surface area contributed by atoms with Gasteiger partial charge in [0, 0.05) is 32.4 Å². The average Bonchev–Trinajstić information content (AvgIpc) is 3.13. The van der Waals surface area contributed by atoms with Crippen molar-refractivity contribution in [3.63, 3.8) is 0 Å². The fourth-order valence-corrected chi connectivity index (χ4v) is 6.06. The van der Waals surface area contributed by atoms with E-state index in [4.69, 9.17) is 21.1 Å². The molecule has 248 valence electrons. The number of carbonyl (C=O) groups is 3. The number of carbonyl (C=O) groups excluding carboxylic acids is 3. The second-order valence-electron chi connectivity index (χ2n) is 10.8. The molecule has 8 nitrogen and oxygen atoms in total. The van der Waals surface area contributed by atoms with Crippen LogP contribution in [0, 0.1) is 6.92 Å². The molecule has 3 amide bonds. The van der Waals surface area contributed by atoms with Crippen molar-refractivity contribution < 1.29 is 23.9 Å². The van der Waals surface area contributed by atoms with Gasteiger partial charge in [0.1, 0.15) is 10.9 Å². The fourth-order valence-electron chi connectivity index (χ4n) is 4.85. The predicted molar refractivity (Wildman–Crippen MR) is 196 cm³/mol. The number of methoxy groups -OCH3 is 2. The van der Waals surface area contributed by atoms with E-state index in [2.05, 4.69) is 16.0 Å². The first-order valence-electron chi connectivity index (χ1n) is 15.2. The highest BCUT2D eigenvalue weighted by Crippen LogP contribution is 2.37. The van der Waals surface area contributed by atoms with Crippen LogP contribution in [0.2, 0.25) is 5.02 Å². The second kappa shape index (κ2) is 16.5. The number of anilines is 2. The molecule has 0 aliphatic carbocycles. The van der Waals surface area contributed by atoms with Crippen LogP contribution in [0.5, 0.6) is 11.5 Å². The highest BCUT2D eigenvalue weighted by molar-refractivity contribution is 8.00. The molecule has 0 fully saturated rings. The molecule has 0 aromatic heterocycles. The van der Waals surface area contributed by atoms with Crippen molar-refractivity contribution in [1.82, 2.24) is 5.32 Å². The summed E-state index contributed by atoms with van der Waals surface area (Å²) in [5, 5.41) is 8.59. The minimum atomic E-state index is -0.567. The molecule has 0 spiro atoms. The number of aryl methyl sites for hydroxylation is 1. The summed E-state index contributed by atoms with van der Waals surface area (Å²) < 4.78 is 11.0. The van der Waals surface area contributed by atoms with Gasteiger partial charge in [-0.2, -0.15) is 0 Å². The molecule has 5 aromatic carbocycles. The minimum Gasteiger partial charge on any atom is -0.493 e. The van der Waals surface area contributed by atoms with Crippen molar-refractivity contribution in [2.45, 2.75) is 17.1 Å². The molecular weight excluding hydrogens is 658 g/mol. The van der Waals surface area contributed by atoms with Crippen molar-refractivity contribution in [2.24, 2.45) is 0 Å². The van der Waals surface area contributed by atoms with Gasteiger partial charge in [-0.15, -0.1) is 11.8 Å². The highest BCUT2D eigenvalue weighted by Gasteiger charge is 2.23. The lowest BCUT2D eigenvalue weighted by Gasteiger charge is -2.18. The molecule has 3 N–H and O–H groups in total. The van der Waals surface area contributed by atoms with E-state index in [-0.39, 0.29) is 11.6 Å². The molecule has 0 bridgehead atoms. The van der Waals surface area contributed by atoms with Crippen LogP contribution in [0.4, 0.5) is 11.4 Å². The standard InChI is InChI=1S/C39H34ClN3O5S/c1-25-17-18-30(24-32(25)40)42-39(46)36(26-11-6-4-7-12-26)49-31-21-19-29(20-22-31)41-38(45)33(43-37(44)27-13-8-5-9-14-27)23-28-15-10-16-34(47-2)35(28)48-3/h4-24,36H,1-3H3,(H,41,45)(H,42,46)(H,43,44)/b33-23-. The van der Waals surface area contributed by atoms with E-state index in [1.165, 1.54) is 32.1 Å². The smallest absolute Gasteiger partial charge is 0.272 e. The van der Waals surface area contributed by atoms with Crippen molar-refractivity contribution in [3.8, 4) is 11.5 Å². The number of amides is 3.